The molecule has 0 spiro atoms. The van der Waals surface area contributed by atoms with E-state index in [0.717, 1.165) is 58.4 Å². The number of ketones is 1. The van der Waals surface area contributed by atoms with Crippen molar-refractivity contribution in [2.75, 3.05) is 39.3 Å². The van der Waals surface area contributed by atoms with Crippen LogP contribution >= 0.6 is 0 Å². The number of hydrogen-bond donors (Lipinski definition) is 1. The number of carbonyl (C=O) groups is 1. The van der Waals surface area contributed by atoms with Crippen molar-refractivity contribution >= 4 is 5.78 Å². The fourth-order valence-electron chi connectivity index (χ4n) is 2.85. The Balaban J connectivity index is 1.85. The molecule has 1 saturated carbocycles. The smallest absolute Gasteiger partial charge is 0.149 e. The number of β-amino-alcohol motifs (C(OH)–C–C–N with tert-alkyl or cyclic N) is 1. The molecular formula is C12H22N2O2. The summed E-state index contributed by atoms with van der Waals surface area (Å²) in [4.78, 5) is 16.3. The molecule has 1 atom stereocenters. The van der Waals surface area contributed by atoms with Crippen LogP contribution in [0.25, 0.3) is 0 Å². The lowest BCUT2D eigenvalue weighted by molar-refractivity contribution is -0.121. The largest absolute Gasteiger partial charge is 0.395 e. The van der Waals surface area contributed by atoms with Crippen molar-refractivity contribution in [3.05, 3.63) is 0 Å². The van der Waals surface area contributed by atoms with Gasteiger partial charge in [-0.2, -0.15) is 0 Å². The Morgan fingerprint density at radius 1 is 1.19 bits per heavy atom. The van der Waals surface area contributed by atoms with Gasteiger partial charge in [-0.3, -0.25) is 14.6 Å². The van der Waals surface area contributed by atoms with Crippen LogP contribution in [0.5, 0.6) is 0 Å². The minimum atomic E-state index is 0.203. The standard InChI is InChI=1S/C12H22N2O2/c15-10-9-13-5-2-6-14(8-7-13)11-3-1-4-12(11)16/h11,15H,1-10H2. The van der Waals surface area contributed by atoms with E-state index in [9.17, 15) is 4.79 Å². The van der Waals surface area contributed by atoms with E-state index < -0.39 is 0 Å². The van der Waals surface area contributed by atoms with E-state index >= 15 is 0 Å². The van der Waals surface area contributed by atoms with Crippen molar-refractivity contribution in [2.24, 2.45) is 0 Å². The fourth-order valence-corrected chi connectivity index (χ4v) is 2.85. The molecule has 2 aliphatic rings. The third kappa shape index (κ3) is 2.81. The van der Waals surface area contributed by atoms with E-state index in [4.69, 9.17) is 5.11 Å². The van der Waals surface area contributed by atoms with Gasteiger partial charge in [0.25, 0.3) is 0 Å². The maximum Gasteiger partial charge on any atom is 0.149 e. The molecule has 2 fully saturated rings. The van der Waals surface area contributed by atoms with Crippen molar-refractivity contribution in [2.45, 2.75) is 31.7 Å². The molecule has 2 rings (SSSR count). The minimum absolute atomic E-state index is 0.203. The van der Waals surface area contributed by atoms with E-state index in [2.05, 4.69) is 9.80 Å². The zero-order valence-electron chi connectivity index (χ0n) is 9.90. The minimum Gasteiger partial charge on any atom is -0.395 e. The molecule has 4 heteroatoms. The predicted octanol–water partition coefficient (Wildman–Crippen LogP) is 0.108. The Morgan fingerprint density at radius 3 is 2.75 bits per heavy atom. The first-order valence-corrected chi connectivity index (χ1v) is 6.41. The van der Waals surface area contributed by atoms with Crippen molar-refractivity contribution in [1.82, 2.24) is 9.80 Å². The van der Waals surface area contributed by atoms with Gasteiger partial charge >= 0.3 is 0 Å². The molecule has 16 heavy (non-hydrogen) atoms. The van der Waals surface area contributed by atoms with E-state index in [0.29, 0.717) is 5.78 Å². The van der Waals surface area contributed by atoms with Gasteiger partial charge in [0.2, 0.25) is 0 Å². The van der Waals surface area contributed by atoms with Crippen LogP contribution in [0.4, 0.5) is 0 Å². The monoisotopic (exact) mass is 226 g/mol. The van der Waals surface area contributed by atoms with Crippen LogP contribution in [-0.2, 0) is 4.79 Å². The van der Waals surface area contributed by atoms with Crippen LogP contribution in [-0.4, -0.2) is 66.1 Å². The topological polar surface area (TPSA) is 43.8 Å². The zero-order chi connectivity index (χ0) is 11.4. The molecule has 1 N–H and O–H groups in total. The van der Waals surface area contributed by atoms with Gasteiger partial charge in [-0.05, 0) is 25.8 Å². The number of carbonyl (C=O) groups excluding carboxylic acids is 1. The summed E-state index contributed by atoms with van der Waals surface area (Å²) in [6.45, 7) is 5.08. The van der Waals surface area contributed by atoms with Gasteiger partial charge in [0.1, 0.15) is 5.78 Å². The summed E-state index contributed by atoms with van der Waals surface area (Å²) >= 11 is 0. The summed E-state index contributed by atoms with van der Waals surface area (Å²) < 4.78 is 0. The second-order valence-electron chi connectivity index (χ2n) is 4.83. The van der Waals surface area contributed by atoms with Crippen LogP contribution in [0.1, 0.15) is 25.7 Å². The van der Waals surface area contributed by atoms with E-state index in [1.807, 2.05) is 0 Å². The Kier molecular flexibility index (Phi) is 4.32. The Hall–Kier alpha value is -0.450. The zero-order valence-corrected chi connectivity index (χ0v) is 9.90. The first-order chi connectivity index (χ1) is 7.81. The number of hydrogen-bond acceptors (Lipinski definition) is 4. The molecule has 0 aromatic rings. The van der Waals surface area contributed by atoms with Gasteiger partial charge in [0.15, 0.2) is 0 Å². The maximum absolute atomic E-state index is 11.7. The summed E-state index contributed by atoms with van der Waals surface area (Å²) in [5.41, 5.74) is 0. The number of nitrogens with zero attached hydrogens (tertiary/aromatic N) is 2. The van der Waals surface area contributed by atoms with Gasteiger partial charge in [-0.15, -0.1) is 0 Å². The molecule has 1 heterocycles. The molecule has 1 saturated heterocycles. The third-order valence-electron chi connectivity index (χ3n) is 3.75. The SMILES string of the molecule is O=C1CCCC1N1CCCN(CCO)CC1. The fraction of sp³-hybridized carbons (Fsp3) is 0.917. The molecule has 0 bridgehead atoms. The highest BCUT2D eigenvalue weighted by atomic mass is 16.3. The predicted molar refractivity (Wildman–Crippen MR) is 62.4 cm³/mol. The highest BCUT2D eigenvalue weighted by molar-refractivity contribution is 5.85. The Morgan fingerprint density at radius 2 is 2.06 bits per heavy atom. The highest BCUT2D eigenvalue weighted by Crippen LogP contribution is 2.21. The summed E-state index contributed by atoms with van der Waals surface area (Å²) in [7, 11) is 0. The first-order valence-electron chi connectivity index (χ1n) is 6.41. The number of rotatable bonds is 3. The van der Waals surface area contributed by atoms with Crippen molar-refractivity contribution < 1.29 is 9.90 Å². The highest BCUT2D eigenvalue weighted by Gasteiger charge is 2.30. The normalized spacial score (nSPS) is 29.6. The van der Waals surface area contributed by atoms with E-state index in [1.54, 1.807) is 0 Å². The summed E-state index contributed by atoms with van der Waals surface area (Å²) in [6.07, 6.45) is 4.02. The van der Waals surface area contributed by atoms with Crippen molar-refractivity contribution in [3.63, 3.8) is 0 Å². The first kappa shape index (κ1) is 12.0. The summed E-state index contributed by atoms with van der Waals surface area (Å²) in [5, 5.41) is 8.92. The summed E-state index contributed by atoms with van der Waals surface area (Å²) in [6, 6.07) is 0.203. The lowest BCUT2D eigenvalue weighted by atomic mass is 10.2. The Labute approximate surface area is 97.2 Å². The molecular weight excluding hydrogens is 204 g/mol. The van der Waals surface area contributed by atoms with Gasteiger partial charge < -0.3 is 5.11 Å². The third-order valence-corrected chi connectivity index (χ3v) is 3.75. The van der Waals surface area contributed by atoms with Crippen LogP contribution in [0.15, 0.2) is 0 Å². The van der Waals surface area contributed by atoms with Crippen molar-refractivity contribution in [1.29, 1.82) is 0 Å². The average molecular weight is 226 g/mol. The molecule has 1 aliphatic heterocycles. The lowest BCUT2D eigenvalue weighted by Gasteiger charge is -2.26. The quantitative estimate of drug-likeness (QED) is 0.742. The van der Waals surface area contributed by atoms with Gasteiger partial charge in [-0.25, -0.2) is 0 Å². The number of aliphatic hydroxyl groups excluding tert-OH is 1. The second-order valence-corrected chi connectivity index (χ2v) is 4.83. The van der Waals surface area contributed by atoms with Crippen molar-refractivity contribution in [3.8, 4) is 0 Å². The van der Waals surface area contributed by atoms with E-state index in [-0.39, 0.29) is 12.6 Å². The Bertz CT molecular complexity index is 245. The number of aliphatic hydroxyl groups is 1. The summed E-state index contributed by atoms with van der Waals surface area (Å²) in [5.74, 6) is 0.440. The molecule has 4 nitrogen and oxygen atoms in total. The molecule has 92 valence electrons. The van der Waals surface area contributed by atoms with Crippen LogP contribution < -0.4 is 0 Å². The number of Topliss-reactive ketones (excluding diaryl/α,β-unsaturated/α-hetero) is 1. The molecule has 0 aromatic heterocycles. The van der Waals surface area contributed by atoms with Gasteiger partial charge in [0.05, 0.1) is 12.6 Å². The average Bonchev–Trinajstić information content (AvgIpc) is 2.57. The lowest BCUT2D eigenvalue weighted by Crippen LogP contribution is -2.40. The molecule has 1 unspecified atom stereocenters. The maximum atomic E-state index is 11.7. The van der Waals surface area contributed by atoms with Gasteiger partial charge in [-0.1, -0.05) is 0 Å². The van der Waals surface area contributed by atoms with Crippen LogP contribution in [0.3, 0.4) is 0 Å². The molecule has 1 aliphatic carbocycles. The van der Waals surface area contributed by atoms with E-state index in [1.165, 1.54) is 0 Å². The molecule has 0 radical (unpaired) electrons. The van der Waals surface area contributed by atoms with Crippen LogP contribution in [0, 0.1) is 0 Å². The second kappa shape index (κ2) is 5.75. The van der Waals surface area contributed by atoms with Gasteiger partial charge in [0, 0.05) is 32.6 Å². The molecule has 0 aromatic carbocycles. The molecule has 0 amide bonds. The van der Waals surface area contributed by atoms with Crippen LogP contribution in [0.2, 0.25) is 0 Å².